The van der Waals surface area contributed by atoms with E-state index in [0.29, 0.717) is 0 Å². The number of allylic oxidation sites excluding steroid dienone is 1. The van der Waals surface area contributed by atoms with Gasteiger partial charge in [0.1, 0.15) is 12.2 Å². The molecule has 0 unspecified atom stereocenters. The van der Waals surface area contributed by atoms with Gasteiger partial charge in [0.2, 0.25) is 0 Å². The number of aryl methyl sites for hydroxylation is 1. The normalized spacial score (nSPS) is 10.6. The minimum absolute atomic E-state index is 0.718. The maximum absolute atomic E-state index is 4.05. The van der Waals surface area contributed by atoms with Gasteiger partial charge in [-0.15, -0.1) is 0 Å². The van der Waals surface area contributed by atoms with Gasteiger partial charge in [-0.05, 0) is 19.9 Å². The summed E-state index contributed by atoms with van der Waals surface area (Å²) >= 11 is 0. The molecule has 1 aromatic rings. The van der Waals surface area contributed by atoms with Crippen LogP contribution < -0.4 is 0 Å². The van der Waals surface area contributed by atoms with Crippen LogP contribution in [0.4, 0.5) is 0 Å². The third kappa shape index (κ3) is 1.62. The molecule has 1 aromatic heterocycles. The summed E-state index contributed by atoms with van der Waals surface area (Å²) in [7, 11) is 0. The Morgan fingerprint density at radius 1 is 1.40 bits per heavy atom. The van der Waals surface area contributed by atoms with Gasteiger partial charge >= 0.3 is 0 Å². The molecule has 0 atom stereocenters. The van der Waals surface area contributed by atoms with Crippen molar-refractivity contribution in [2.75, 3.05) is 0 Å². The molecule has 0 saturated heterocycles. The summed E-state index contributed by atoms with van der Waals surface area (Å²) in [5, 5.41) is 0. The van der Waals surface area contributed by atoms with Crippen LogP contribution in [0.25, 0.3) is 6.08 Å². The fourth-order valence-electron chi connectivity index (χ4n) is 0.624. The Kier molecular flexibility index (Phi) is 2.10. The molecule has 0 amide bonds. The lowest BCUT2D eigenvalue weighted by molar-refractivity contribution is 0.958. The van der Waals surface area contributed by atoms with Crippen molar-refractivity contribution < 1.29 is 0 Å². The molecule has 0 saturated carbocycles. The maximum atomic E-state index is 4.05. The molecular weight excluding hydrogens is 126 g/mol. The molecule has 1 heterocycles. The van der Waals surface area contributed by atoms with Crippen molar-refractivity contribution in [3.05, 3.63) is 24.1 Å². The van der Waals surface area contributed by atoms with Gasteiger partial charge in [0.25, 0.3) is 0 Å². The zero-order chi connectivity index (χ0) is 7.40. The van der Waals surface area contributed by atoms with Crippen LogP contribution in [0.15, 0.2) is 12.4 Å². The van der Waals surface area contributed by atoms with Gasteiger partial charge in [-0.25, -0.2) is 15.0 Å². The predicted molar refractivity (Wildman–Crippen MR) is 39.3 cm³/mol. The van der Waals surface area contributed by atoms with E-state index in [1.165, 1.54) is 6.33 Å². The van der Waals surface area contributed by atoms with Gasteiger partial charge in [-0.3, -0.25) is 0 Å². The first-order chi connectivity index (χ1) is 4.83. The van der Waals surface area contributed by atoms with Crippen molar-refractivity contribution in [1.29, 1.82) is 0 Å². The van der Waals surface area contributed by atoms with Crippen LogP contribution >= 0.6 is 0 Å². The monoisotopic (exact) mass is 135 g/mol. The van der Waals surface area contributed by atoms with Gasteiger partial charge in [-0.2, -0.15) is 0 Å². The van der Waals surface area contributed by atoms with Crippen LogP contribution in [0.3, 0.4) is 0 Å². The highest BCUT2D eigenvalue weighted by molar-refractivity contribution is 5.37. The molecule has 52 valence electrons. The minimum atomic E-state index is 0.718. The SMILES string of the molecule is CC=Cc1ncnc(C)n1. The van der Waals surface area contributed by atoms with Gasteiger partial charge in [0.05, 0.1) is 0 Å². The predicted octanol–water partition coefficient (Wildman–Crippen LogP) is 1.21. The summed E-state index contributed by atoms with van der Waals surface area (Å²) in [6.45, 7) is 3.77. The van der Waals surface area contributed by atoms with Crippen molar-refractivity contribution in [3.8, 4) is 0 Å². The highest BCUT2D eigenvalue weighted by Crippen LogP contribution is 1.91. The van der Waals surface area contributed by atoms with Crippen LogP contribution in [0.5, 0.6) is 0 Å². The van der Waals surface area contributed by atoms with E-state index in [1.54, 1.807) is 0 Å². The van der Waals surface area contributed by atoms with E-state index in [1.807, 2.05) is 26.0 Å². The highest BCUT2D eigenvalue weighted by atomic mass is 15.0. The topological polar surface area (TPSA) is 38.7 Å². The largest absolute Gasteiger partial charge is 0.222 e. The highest BCUT2D eigenvalue weighted by Gasteiger charge is 1.88. The van der Waals surface area contributed by atoms with Gasteiger partial charge < -0.3 is 0 Å². The summed E-state index contributed by atoms with van der Waals surface area (Å²) in [4.78, 5) is 11.8. The molecule has 0 N–H and O–H groups in total. The van der Waals surface area contributed by atoms with Gasteiger partial charge in [-0.1, -0.05) is 6.08 Å². The van der Waals surface area contributed by atoms with Crippen LogP contribution in [0, 0.1) is 6.92 Å². The Balaban J connectivity index is 2.95. The Labute approximate surface area is 59.9 Å². The molecule has 10 heavy (non-hydrogen) atoms. The Hall–Kier alpha value is -1.25. The Morgan fingerprint density at radius 3 is 2.80 bits per heavy atom. The minimum Gasteiger partial charge on any atom is -0.222 e. The lowest BCUT2D eigenvalue weighted by Crippen LogP contribution is -1.92. The summed E-state index contributed by atoms with van der Waals surface area (Å²) in [5.41, 5.74) is 0. The third-order valence-electron chi connectivity index (χ3n) is 1.03. The van der Waals surface area contributed by atoms with E-state index in [4.69, 9.17) is 0 Å². The van der Waals surface area contributed by atoms with E-state index in [-0.39, 0.29) is 0 Å². The fourth-order valence-corrected chi connectivity index (χ4v) is 0.624. The van der Waals surface area contributed by atoms with Crippen molar-refractivity contribution in [1.82, 2.24) is 15.0 Å². The molecule has 0 spiro atoms. The van der Waals surface area contributed by atoms with Gasteiger partial charge in [0.15, 0.2) is 5.82 Å². The standard InChI is InChI=1S/C7H9N3/c1-3-4-7-9-5-8-6(2)10-7/h3-5H,1-2H3. The van der Waals surface area contributed by atoms with Crippen LogP contribution in [-0.4, -0.2) is 15.0 Å². The smallest absolute Gasteiger partial charge is 0.155 e. The van der Waals surface area contributed by atoms with Crippen molar-refractivity contribution in [2.24, 2.45) is 0 Å². The lowest BCUT2D eigenvalue weighted by atomic mass is 10.5. The van der Waals surface area contributed by atoms with E-state index in [9.17, 15) is 0 Å². The molecule has 0 bridgehead atoms. The second-order valence-corrected chi connectivity index (χ2v) is 1.89. The number of hydrogen-bond acceptors (Lipinski definition) is 3. The summed E-state index contributed by atoms with van der Waals surface area (Å²) in [6.07, 6.45) is 5.25. The Bertz CT molecular complexity index is 242. The molecule has 0 radical (unpaired) electrons. The second-order valence-electron chi connectivity index (χ2n) is 1.89. The van der Waals surface area contributed by atoms with Crippen molar-refractivity contribution in [2.45, 2.75) is 13.8 Å². The first kappa shape index (κ1) is 6.86. The van der Waals surface area contributed by atoms with Crippen LogP contribution in [0.2, 0.25) is 0 Å². The first-order valence-electron chi connectivity index (χ1n) is 3.11. The van der Waals surface area contributed by atoms with Crippen LogP contribution in [-0.2, 0) is 0 Å². The number of hydrogen-bond donors (Lipinski definition) is 0. The average Bonchev–Trinajstić information content (AvgIpc) is 1.88. The van der Waals surface area contributed by atoms with Crippen molar-refractivity contribution in [3.63, 3.8) is 0 Å². The quantitative estimate of drug-likeness (QED) is 0.581. The third-order valence-corrected chi connectivity index (χ3v) is 1.03. The number of nitrogens with zero attached hydrogens (tertiary/aromatic N) is 3. The summed E-state index contributed by atoms with van der Waals surface area (Å²) in [6, 6.07) is 0. The maximum Gasteiger partial charge on any atom is 0.155 e. The summed E-state index contributed by atoms with van der Waals surface area (Å²) in [5.74, 6) is 1.47. The first-order valence-corrected chi connectivity index (χ1v) is 3.11. The molecule has 0 aliphatic carbocycles. The molecule has 3 nitrogen and oxygen atoms in total. The zero-order valence-electron chi connectivity index (χ0n) is 6.07. The lowest BCUT2D eigenvalue weighted by Gasteiger charge is -1.90. The van der Waals surface area contributed by atoms with Gasteiger partial charge in [0, 0.05) is 0 Å². The average molecular weight is 135 g/mol. The number of rotatable bonds is 1. The van der Waals surface area contributed by atoms with E-state index in [0.717, 1.165) is 11.6 Å². The molecule has 0 aliphatic heterocycles. The number of aromatic nitrogens is 3. The summed E-state index contributed by atoms with van der Waals surface area (Å²) < 4.78 is 0. The van der Waals surface area contributed by atoms with Crippen LogP contribution in [0.1, 0.15) is 18.6 Å². The van der Waals surface area contributed by atoms with E-state index in [2.05, 4.69) is 15.0 Å². The second kappa shape index (κ2) is 3.06. The molecule has 3 heteroatoms. The molecule has 0 fully saturated rings. The molecular formula is C7H9N3. The molecule has 1 rings (SSSR count). The van der Waals surface area contributed by atoms with Crippen molar-refractivity contribution >= 4 is 6.08 Å². The molecule has 0 aromatic carbocycles. The zero-order valence-corrected chi connectivity index (χ0v) is 6.07. The molecule has 0 aliphatic rings. The van der Waals surface area contributed by atoms with E-state index >= 15 is 0 Å². The fraction of sp³-hybridized carbons (Fsp3) is 0.286. The Morgan fingerprint density at radius 2 is 2.20 bits per heavy atom. The van der Waals surface area contributed by atoms with E-state index < -0.39 is 0 Å².